The van der Waals surface area contributed by atoms with Gasteiger partial charge >= 0.3 is 0 Å². The van der Waals surface area contributed by atoms with Gasteiger partial charge in [0.25, 0.3) is 0 Å². The second-order valence-corrected chi connectivity index (χ2v) is 9.07. The third-order valence-corrected chi connectivity index (χ3v) is 6.07. The molecule has 5 aromatic heterocycles. The largest absolute Gasteiger partial charge is 0.492 e. The Morgan fingerprint density at radius 1 is 1.03 bits per heavy atom. The van der Waals surface area contributed by atoms with Crippen molar-refractivity contribution in [1.29, 1.82) is 0 Å². The van der Waals surface area contributed by atoms with Crippen LogP contribution in [0.1, 0.15) is 0 Å². The molecule has 2 N–H and O–H groups in total. The molecule has 0 saturated heterocycles. The first-order valence-electron chi connectivity index (χ1n) is 11.7. The number of imidazole rings is 1. The summed E-state index contributed by atoms with van der Waals surface area (Å²) in [5.74, 6) is 0.646. The molecule has 5 heterocycles. The molecule has 186 valence electrons. The molecule has 6 aromatic rings. The highest BCUT2D eigenvalue weighted by Crippen LogP contribution is 2.33. The van der Waals surface area contributed by atoms with E-state index < -0.39 is 0 Å². The summed E-state index contributed by atoms with van der Waals surface area (Å²) in [7, 11) is 5.79. The molecule has 0 fully saturated rings. The number of likely N-dealkylation sites (N-methyl/N-ethyl adjacent to an activating group) is 1. The van der Waals surface area contributed by atoms with E-state index in [0.717, 1.165) is 28.6 Å². The van der Waals surface area contributed by atoms with Crippen LogP contribution in [0.3, 0.4) is 0 Å². The molecule has 10 nitrogen and oxygen atoms in total. The first-order chi connectivity index (χ1) is 17.9. The van der Waals surface area contributed by atoms with Gasteiger partial charge in [-0.3, -0.25) is 9.78 Å². The molecular formula is C26H24FN9O. The Kier molecular flexibility index (Phi) is 5.61. The second kappa shape index (κ2) is 9.10. The number of pyridine rings is 2. The van der Waals surface area contributed by atoms with Crippen molar-refractivity contribution in [3.63, 3.8) is 0 Å². The predicted molar refractivity (Wildman–Crippen MR) is 138 cm³/mol. The summed E-state index contributed by atoms with van der Waals surface area (Å²) in [4.78, 5) is 19.0. The Morgan fingerprint density at radius 2 is 1.92 bits per heavy atom. The van der Waals surface area contributed by atoms with Crippen molar-refractivity contribution < 1.29 is 9.13 Å². The number of ether oxygens (including phenoxy) is 1. The molecule has 0 spiro atoms. The minimum atomic E-state index is -0.379. The number of hydrogen-bond acceptors (Lipinski definition) is 7. The fourth-order valence-corrected chi connectivity index (χ4v) is 4.23. The highest BCUT2D eigenvalue weighted by atomic mass is 19.1. The zero-order valence-corrected chi connectivity index (χ0v) is 20.5. The molecule has 0 aliphatic heterocycles. The lowest BCUT2D eigenvalue weighted by Crippen LogP contribution is -2.19. The molecule has 0 aliphatic carbocycles. The molecule has 0 radical (unpaired) electrons. The number of rotatable bonds is 7. The van der Waals surface area contributed by atoms with Gasteiger partial charge in [0, 0.05) is 54.9 Å². The fourth-order valence-electron chi connectivity index (χ4n) is 4.23. The van der Waals surface area contributed by atoms with Crippen LogP contribution in [-0.4, -0.2) is 72.1 Å². The Hall–Kier alpha value is -4.64. The number of aromatic amines is 2. The summed E-state index contributed by atoms with van der Waals surface area (Å²) in [6.45, 7) is 1.18. The Labute approximate surface area is 211 Å². The van der Waals surface area contributed by atoms with Crippen LogP contribution in [0.5, 0.6) is 5.75 Å². The second-order valence-electron chi connectivity index (χ2n) is 9.07. The fraction of sp³-hybridized carbons (Fsp3) is 0.192. The van der Waals surface area contributed by atoms with Gasteiger partial charge < -0.3 is 14.6 Å². The molecule has 0 unspecified atom stereocenters. The summed E-state index contributed by atoms with van der Waals surface area (Å²) in [5, 5.41) is 12.4. The van der Waals surface area contributed by atoms with E-state index >= 15 is 0 Å². The van der Waals surface area contributed by atoms with Crippen molar-refractivity contribution in [2.75, 3.05) is 27.2 Å². The molecule has 6 rings (SSSR count). The number of hydrogen-bond donors (Lipinski definition) is 2. The first kappa shape index (κ1) is 22.8. The predicted octanol–water partition coefficient (Wildman–Crippen LogP) is 4.04. The summed E-state index contributed by atoms with van der Waals surface area (Å²) in [6.07, 6.45) is 7.15. The number of aryl methyl sites for hydroxylation is 1. The van der Waals surface area contributed by atoms with Gasteiger partial charge in [0.1, 0.15) is 23.9 Å². The van der Waals surface area contributed by atoms with Gasteiger partial charge in [0.05, 0.1) is 17.1 Å². The lowest BCUT2D eigenvalue weighted by atomic mass is 10.1. The Bertz CT molecular complexity index is 1730. The molecule has 37 heavy (non-hydrogen) atoms. The van der Waals surface area contributed by atoms with Crippen molar-refractivity contribution in [1.82, 2.24) is 44.8 Å². The molecule has 1 aromatic carbocycles. The van der Waals surface area contributed by atoms with Crippen LogP contribution in [0.15, 0.2) is 55.1 Å². The third kappa shape index (κ3) is 4.40. The van der Waals surface area contributed by atoms with Crippen molar-refractivity contribution >= 4 is 22.2 Å². The smallest absolute Gasteiger partial charge is 0.181 e. The minimum Gasteiger partial charge on any atom is -0.492 e. The van der Waals surface area contributed by atoms with Gasteiger partial charge in [0.15, 0.2) is 17.1 Å². The van der Waals surface area contributed by atoms with Crippen LogP contribution in [0.25, 0.3) is 56.0 Å². The molecule has 11 heteroatoms. The number of aromatic nitrogens is 8. The Balaban J connectivity index is 1.40. The number of nitrogens with one attached hydrogen (secondary N) is 2. The maximum absolute atomic E-state index is 14.5. The third-order valence-electron chi connectivity index (χ3n) is 6.07. The summed E-state index contributed by atoms with van der Waals surface area (Å²) in [6, 6.07) is 8.52. The van der Waals surface area contributed by atoms with E-state index in [9.17, 15) is 4.39 Å². The van der Waals surface area contributed by atoms with Gasteiger partial charge in [0.2, 0.25) is 0 Å². The molecule has 0 bridgehead atoms. The Morgan fingerprint density at radius 3 is 2.73 bits per heavy atom. The van der Waals surface area contributed by atoms with Crippen molar-refractivity contribution in [3.8, 4) is 39.5 Å². The van der Waals surface area contributed by atoms with Crippen molar-refractivity contribution in [2.24, 2.45) is 7.05 Å². The van der Waals surface area contributed by atoms with Crippen LogP contribution in [0, 0.1) is 5.82 Å². The average molecular weight is 498 g/mol. The van der Waals surface area contributed by atoms with Crippen LogP contribution < -0.4 is 4.74 Å². The van der Waals surface area contributed by atoms with E-state index in [-0.39, 0.29) is 5.82 Å². The maximum Gasteiger partial charge on any atom is 0.181 e. The highest BCUT2D eigenvalue weighted by Gasteiger charge is 2.17. The van der Waals surface area contributed by atoms with Crippen LogP contribution in [0.4, 0.5) is 4.39 Å². The lowest BCUT2D eigenvalue weighted by Gasteiger charge is -2.12. The summed E-state index contributed by atoms with van der Waals surface area (Å²) >= 11 is 0. The average Bonchev–Trinajstić information content (AvgIpc) is 3.60. The lowest BCUT2D eigenvalue weighted by molar-refractivity contribution is 0.260. The van der Waals surface area contributed by atoms with E-state index in [1.165, 1.54) is 12.1 Å². The van der Waals surface area contributed by atoms with Gasteiger partial charge in [-0.2, -0.15) is 10.2 Å². The SMILES string of the molecule is CN(C)CCOc1cc(F)cc(-c2ccnc3nc(-c4[nH]nc5ncc(-c6cnn(C)c6)cc45)[nH]c23)c1. The highest BCUT2D eigenvalue weighted by molar-refractivity contribution is 5.96. The number of H-pyrrole nitrogens is 2. The van der Waals surface area contributed by atoms with Gasteiger partial charge in [-0.25, -0.2) is 19.3 Å². The van der Waals surface area contributed by atoms with E-state index in [4.69, 9.17) is 9.72 Å². The maximum atomic E-state index is 14.5. The zero-order valence-electron chi connectivity index (χ0n) is 20.5. The molecular weight excluding hydrogens is 473 g/mol. The molecule has 0 saturated carbocycles. The monoisotopic (exact) mass is 497 g/mol. The van der Waals surface area contributed by atoms with Gasteiger partial charge in [-0.1, -0.05) is 0 Å². The number of nitrogens with zero attached hydrogens (tertiary/aromatic N) is 7. The topological polar surface area (TPSA) is 113 Å². The van der Waals surface area contributed by atoms with E-state index in [1.54, 1.807) is 23.3 Å². The zero-order chi connectivity index (χ0) is 25.5. The van der Waals surface area contributed by atoms with Crippen molar-refractivity contribution in [2.45, 2.75) is 0 Å². The minimum absolute atomic E-state index is 0.379. The molecule has 0 amide bonds. The van der Waals surface area contributed by atoms with Gasteiger partial charge in [-0.15, -0.1) is 0 Å². The number of fused-ring (bicyclic) bond motifs is 2. The normalized spacial score (nSPS) is 11.7. The van der Waals surface area contributed by atoms with Crippen LogP contribution >= 0.6 is 0 Å². The first-order valence-corrected chi connectivity index (χ1v) is 11.7. The van der Waals surface area contributed by atoms with Crippen LogP contribution in [0.2, 0.25) is 0 Å². The number of halogens is 1. The summed E-state index contributed by atoms with van der Waals surface area (Å²) < 4.78 is 22.1. The quantitative estimate of drug-likeness (QED) is 0.342. The van der Waals surface area contributed by atoms with Crippen LogP contribution in [-0.2, 0) is 7.05 Å². The molecule has 0 aliphatic rings. The van der Waals surface area contributed by atoms with Crippen molar-refractivity contribution in [3.05, 3.63) is 60.9 Å². The van der Waals surface area contributed by atoms with E-state index in [0.29, 0.717) is 46.2 Å². The van der Waals surface area contributed by atoms with E-state index in [1.807, 2.05) is 50.4 Å². The van der Waals surface area contributed by atoms with E-state index in [2.05, 4.69) is 30.2 Å². The standard InChI is InChI=1S/C26H24FN9O/c1-35(2)6-7-37-19-9-15(8-18(27)11-19)20-4-5-28-25-22(20)31-26(32-25)23-21-10-16(12-29-24(21)34-33-23)17-13-30-36(3)14-17/h4-5,8-14H,6-7H2,1-3H3,(H,28,31,32)(H,29,33,34). The summed E-state index contributed by atoms with van der Waals surface area (Å²) in [5.41, 5.74) is 5.74. The number of benzene rings is 1. The van der Waals surface area contributed by atoms with Gasteiger partial charge in [-0.05, 0) is 43.9 Å². The molecule has 0 atom stereocenters.